The predicted octanol–water partition coefficient (Wildman–Crippen LogP) is 6.48. The van der Waals surface area contributed by atoms with Crippen LogP contribution in [0.25, 0.3) is 11.3 Å². The van der Waals surface area contributed by atoms with E-state index >= 15 is 0 Å². The Balaban J connectivity index is 1.42. The number of benzene rings is 3. The molecule has 1 aliphatic rings. The van der Waals surface area contributed by atoms with Crippen LogP contribution in [0.1, 0.15) is 53.5 Å². The van der Waals surface area contributed by atoms with Crippen molar-refractivity contribution in [2.75, 3.05) is 5.32 Å². The van der Waals surface area contributed by atoms with Crippen molar-refractivity contribution in [3.63, 3.8) is 0 Å². The molecule has 0 atom stereocenters. The number of hydrogen-bond acceptors (Lipinski definition) is 5. The third-order valence-corrected chi connectivity index (χ3v) is 6.59. The van der Waals surface area contributed by atoms with Crippen LogP contribution in [0.15, 0.2) is 72.8 Å². The number of fused-ring (bicyclic) bond motifs is 3. The van der Waals surface area contributed by atoms with E-state index in [1.165, 1.54) is 0 Å². The molecule has 0 saturated carbocycles. The molecular formula is C32H34N4O4. The first-order chi connectivity index (χ1) is 19.1. The molecule has 0 unspecified atom stereocenters. The van der Waals surface area contributed by atoms with E-state index in [4.69, 9.17) is 9.47 Å². The molecule has 4 aromatic rings. The summed E-state index contributed by atoms with van der Waals surface area (Å²) < 4.78 is 13.1. The summed E-state index contributed by atoms with van der Waals surface area (Å²) in [6.45, 7) is 8.55. The number of rotatable bonds is 6. The van der Waals surface area contributed by atoms with Crippen molar-refractivity contribution < 1.29 is 19.1 Å². The number of amides is 2. The lowest BCUT2D eigenvalue weighted by molar-refractivity contribution is 0.0635. The first-order valence-corrected chi connectivity index (χ1v) is 13.3. The molecule has 0 radical (unpaired) electrons. The second-order valence-corrected chi connectivity index (χ2v) is 11.1. The molecule has 8 heteroatoms. The molecule has 2 amide bonds. The van der Waals surface area contributed by atoms with Gasteiger partial charge in [0.1, 0.15) is 18.0 Å². The summed E-state index contributed by atoms with van der Waals surface area (Å²) in [4.78, 5) is 28.0. The average molecular weight is 539 g/mol. The molecule has 2 heterocycles. The van der Waals surface area contributed by atoms with Gasteiger partial charge in [0.15, 0.2) is 5.69 Å². The number of anilines is 1. The second-order valence-electron chi connectivity index (χ2n) is 11.1. The fourth-order valence-electron chi connectivity index (χ4n) is 4.81. The summed E-state index contributed by atoms with van der Waals surface area (Å²) in [5, 5.41) is 7.43. The Bertz CT molecular complexity index is 1540. The minimum atomic E-state index is -0.584. The molecular weight excluding hydrogens is 504 g/mol. The van der Waals surface area contributed by atoms with E-state index < -0.39 is 11.7 Å². The standard InChI is InChI=1S/C32H34N4O4/c1-21-11-16-27-25(17-21)29-26(20-39-27)28(34-35(29)5)30(37)36(18-22-9-7-6-8-10-22)19-23-12-14-24(15-13-23)33-31(38)40-32(2,3)4/h6-17H,18-20H2,1-5H3,(H,33,38). The molecule has 0 saturated heterocycles. The van der Waals surface area contributed by atoms with Crippen LogP contribution in [0.3, 0.4) is 0 Å². The zero-order valence-corrected chi connectivity index (χ0v) is 23.5. The van der Waals surface area contributed by atoms with E-state index in [0.717, 1.165) is 39.3 Å². The lowest BCUT2D eigenvalue weighted by Gasteiger charge is -2.24. The van der Waals surface area contributed by atoms with Gasteiger partial charge in [0, 0.05) is 37.0 Å². The number of ether oxygens (including phenoxy) is 2. The van der Waals surface area contributed by atoms with Gasteiger partial charge in [0.05, 0.1) is 5.69 Å². The summed E-state index contributed by atoms with van der Waals surface area (Å²) in [5.41, 5.74) is 6.11. The van der Waals surface area contributed by atoms with Gasteiger partial charge in [-0.2, -0.15) is 5.10 Å². The normalized spacial score (nSPS) is 12.1. The monoisotopic (exact) mass is 538 g/mol. The number of nitrogens with one attached hydrogen (secondary N) is 1. The smallest absolute Gasteiger partial charge is 0.412 e. The molecule has 0 spiro atoms. The number of hydrogen-bond donors (Lipinski definition) is 1. The maximum atomic E-state index is 14.1. The lowest BCUT2D eigenvalue weighted by atomic mass is 10.00. The Morgan fingerprint density at radius 2 is 1.68 bits per heavy atom. The third kappa shape index (κ3) is 6.01. The highest BCUT2D eigenvalue weighted by molar-refractivity contribution is 5.96. The van der Waals surface area contributed by atoms with Gasteiger partial charge in [-0.25, -0.2) is 4.79 Å². The number of carbonyl (C=O) groups excluding carboxylic acids is 2. The fraction of sp³-hybridized carbons (Fsp3) is 0.281. The lowest BCUT2D eigenvalue weighted by Crippen LogP contribution is -2.31. The highest BCUT2D eigenvalue weighted by Gasteiger charge is 2.31. The zero-order valence-electron chi connectivity index (χ0n) is 23.5. The van der Waals surface area contributed by atoms with Crippen LogP contribution in [-0.4, -0.2) is 32.3 Å². The fourth-order valence-corrected chi connectivity index (χ4v) is 4.81. The van der Waals surface area contributed by atoms with E-state index in [1.807, 2.05) is 89.3 Å². The Labute approximate surface area is 234 Å². The molecule has 3 aromatic carbocycles. The van der Waals surface area contributed by atoms with Gasteiger partial charge in [0.25, 0.3) is 5.91 Å². The van der Waals surface area contributed by atoms with Crippen LogP contribution in [0.4, 0.5) is 10.5 Å². The van der Waals surface area contributed by atoms with Crippen molar-refractivity contribution in [2.24, 2.45) is 7.05 Å². The van der Waals surface area contributed by atoms with Gasteiger partial charge >= 0.3 is 6.09 Å². The topological polar surface area (TPSA) is 85.7 Å². The minimum absolute atomic E-state index is 0.170. The molecule has 8 nitrogen and oxygen atoms in total. The summed E-state index contributed by atoms with van der Waals surface area (Å²) in [6, 6.07) is 23.3. The Kier molecular flexibility index (Phi) is 7.34. The van der Waals surface area contributed by atoms with Crippen molar-refractivity contribution in [1.29, 1.82) is 0 Å². The van der Waals surface area contributed by atoms with Crippen LogP contribution in [-0.2, 0) is 31.5 Å². The first-order valence-electron chi connectivity index (χ1n) is 13.3. The van der Waals surface area contributed by atoms with Gasteiger partial charge in [-0.3, -0.25) is 14.8 Å². The first kappa shape index (κ1) is 27.0. The van der Waals surface area contributed by atoms with E-state index in [9.17, 15) is 9.59 Å². The Morgan fingerprint density at radius 3 is 2.35 bits per heavy atom. The molecule has 0 aliphatic carbocycles. The summed E-state index contributed by atoms with van der Waals surface area (Å²) >= 11 is 0. The van der Waals surface area contributed by atoms with Crippen LogP contribution in [0.5, 0.6) is 5.75 Å². The van der Waals surface area contributed by atoms with Crippen LogP contribution < -0.4 is 10.1 Å². The van der Waals surface area contributed by atoms with Gasteiger partial charge in [-0.1, -0.05) is 54.1 Å². The van der Waals surface area contributed by atoms with Crippen molar-refractivity contribution in [1.82, 2.24) is 14.7 Å². The van der Waals surface area contributed by atoms with Gasteiger partial charge in [0.2, 0.25) is 0 Å². The van der Waals surface area contributed by atoms with Crippen molar-refractivity contribution >= 4 is 17.7 Å². The van der Waals surface area contributed by atoms with Crippen molar-refractivity contribution in [3.05, 3.63) is 101 Å². The summed E-state index contributed by atoms with van der Waals surface area (Å²) in [7, 11) is 1.87. The zero-order chi connectivity index (χ0) is 28.4. The molecule has 0 bridgehead atoms. The molecule has 1 aliphatic heterocycles. The predicted molar refractivity (Wildman–Crippen MR) is 154 cm³/mol. The molecule has 0 fully saturated rings. The Morgan fingerprint density at radius 1 is 1.00 bits per heavy atom. The maximum Gasteiger partial charge on any atom is 0.412 e. The SMILES string of the molecule is Cc1ccc2c(c1)-c1c(c(C(=O)N(Cc3ccccc3)Cc3ccc(NC(=O)OC(C)(C)C)cc3)nn1C)CO2. The third-order valence-electron chi connectivity index (χ3n) is 6.59. The molecule has 206 valence electrons. The number of nitrogens with zero attached hydrogens (tertiary/aromatic N) is 3. The highest BCUT2D eigenvalue weighted by Crippen LogP contribution is 2.39. The van der Waals surface area contributed by atoms with E-state index in [-0.39, 0.29) is 12.5 Å². The van der Waals surface area contributed by atoms with Gasteiger partial charge < -0.3 is 14.4 Å². The largest absolute Gasteiger partial charge is 0.488 e. The maximum absolute atomic E-state index is 14.1. The Hall–Kier alpha value is -4.59. The van der Waals surface area contributed by atoms with Crippen LogP contribution >= 0.6 is 0 Å². The van der Waals surface area contributed by atoms with E-state index in [1.54, 1.807) is 21.7 Å². The van der Waals surface area contributed by atoms with Gasteiger partial charge in [-0.05, 0) is 63.1 Å². The summed E-state index contributed by atoms with van der Waals surface area (Å²) in [5.74, 6) is 0.623. The van der Waals surface area contributed by atoms with Crippen LogP contribution in [0.2, 0.25) is 0 Å². The van der Waals surface area contributed by atoms with Gasteiger partial charge in [-0.15, -0.1) is 0 Å². The minimum Gasteiger partial charge on any atom is -0.488 e. The molecule has 5 rings (SSSR count). The molecule has 1 aromatic heterocycles. The van der Waals surface area contributed by atoms with E-state index in [2.05, 4.69) is 16.5 Å². The average Bonchev–Trinajstić information content (AvgIpc) is 3.25. The quantitative estimate of drug-likeness (QED) is 0.304. The number of carbonyl (C=O) groups is 2. The molecule has 1 N–H and O–H groups in total. The van der Waals surface area contributed by atoms with Crippen molar-refractivity contribution in [3.8, 4) is 17.0 Å². The van der Waals surface area contributed by atoms with E-state index in [0.29, 0.717) is 24.5 Å². The van der Waals surface area contributed by atoms with Crippen LogP contribution in [0, 0.1) is 6.92 Å². The van der Waals surface area contributed by atoms with Crippen molar-refractivity contribution in [2.45, 2.75) is 53.0 Å². The second kappa shape index (κ2) is 10.9. The molecule has 40 heavy (non-hydrogen) atoms. The number of aryl methyl sites for hydroxylation is 2. The highest BCUT2D eigenvalue weighted by atomic mass is 16.6. The number of aromatic nitrogens is 2. The summed E-state index contributed by atoms with van der Waals surface area (Å²) in [6.07, 6.45) is -0.514.